The Balaban J connectivity index is 1.49. The molecule has 1 aliphatic heterocycles. The number of halogens is 1. The first kappa shape index (κ1) is 25.8. The van der Waals surface area contributed by atoms with Crippen molar-refractivity contribution in [1.82, 2.24) is 15.6 Å². The molecule has 1 aromatic heterocycles. The van der Waals surface area contributed by atoms with Gasteiger partial charge in [0.1, 0.15) is 11.4 Å². The van der Waals surface area contributed by atoms with E-state index in [4.69, 9.17) is 4.74 Å². The van der Waals surface area contributed by atoms with Crippen LogP contribution >= 0.6 is 0 Å². The third-order valence-electron chi connectivity index (χ3n) is 5.60. The van der Waals surface area contributed by atoms with Gasteiger partial charge < -0.3 is 20.3 Å². The Labute approximate surface area is 215 Å². The normalized spacial score (nSPS) is 15.4. The van der Waals surface area contributed by atoms with Crippen molar-refractivity contribution in [3.63, 3.8) is 0 Å². The van der Waals surface area contributed by atoms with Crippen LogP contribution in [-0.4, -0.2) is 48.0 Å². The summed E-state index contributed by atoms with van der Waals surface area (Å²) < 4.78 is 20.5. The number of pyridine rings is 1. The molecule has 0 aliphatic carbocycles. The number of urea groups is 1. The van der Waals surface area contributed by atoms with Crippen LogP contribution in [0.1, 0.15) is 37.6 Å². The summed E-state index contributed by atoms with van der Waals surface area (Å²) in [7, 11) is 1.60. The van der Waals surface area contributed by atoms with Crippen LogP contribution in [0.15, 0.2) is 71.7 Å². The molecule has 0 bridgehead atoms. The van der Waals surface area contributed by atoms with Gasteiger partial charge in [0.05, 0.1) is 11.4 Å². The van der Waals surface area contributed by atoms with E-state index < -0.39 is 23.9 Å². The van der Waals surface area contributed by atoms with Gasteiger partial charge in [-0.3, -0.25) is 4.79 Å². The fourth-order valence-electron chi connectivity index (χ4n) is 3.93. The van der Waals surface area contributed by atoms with E-state index in [1.165, 1.54) is 11.0 Å². The van der Waals surface area contributed by atoms with Gasteiger partial charge in [0.25, 0.3) is 5.91 Å². The van der Waals surface area contributed by atoms with E-state index >= 15 is 0 Å². The molecule has 3 aromatic rings. The number of rotatable bonds is 6. The van der Waals surface area contributed by atoms with Gasteiger partial charge >= 0.3 is 6.03 Å². The number of fused-ring (bicyclic) bond motifs is 1. The SMILES string of the molecule is CN1C(=O)C(NC(=O)NCCc2cccc(OC(C)(C)C)n2)N=C(c2ccccc2F)c2ccccc21. The summed E-state index contributed by atoms with van der Waals surface area (Å²) in [6.07, 6.45) is -0.781. The predicted octanol–water partition coefficient (Wildman–Crippen LogP) is 4.08. The molecule has 1 aliphatic rings. The number of likely N-dealkylation sites (N-methyl/N-ethyl adjacent to an activating group) is 1. The van der Waals surface area contributed by atoms with Crippen molar-refractivity contribution in [2.24, 2.45) is 4.99 Å². The maximum absolute atomic E-state index is 14.7. The van der Waals surface area contributed by atoms with Crippen LogP contribution in [0.4, 0.5) is 14.9 Å². The number of anilines is 1. The van der Waals surface area contributed by atoms with Crippen LogP contribution in [0.25, 0.3) is 0 Å². The van der Waals surface area contributed by atoms with E-state index in [9.17, 15) is 14.0 Å². The van der Waals surface area contributed by atoms with Gasteiger partial charge in [-0.1, -0.05) is 36.4 Å². The molecule has 37 heavy (non-hydrogen) atoms. The number of para-hydroxylation sites is 1. The summed E-state index contributed by atoms with van der Waals surface area (Å²) in [5, 5.41) is 5.37. The van der Waals surface area contributed by atoms with Crippen molar-refractivity contribution in [3.8, 4) is 5.88 Å². The summed E-state index contributed by atoms with van der Waals surface area (Å²) in [6.45, 7) is 6.10. The van der Waals surface area contributed by atoms with E-state index in [1.807, 2.05) is 32.9 Å². The molecule has 2 N–H and O–H groups in total. The van der Waals surface area contributed by atoms with Crippen molar-refractivity contribution in [1.29, 1.82) is 0 Å². The van der Waals surface area contributed by atoms with Crippen molar-refractivity contribution in [2.75, 3.05) is 18.5 Å². The lowest BCUT2D eigenvalue weighted by molar-refractivity contribution is -0.119. The summed E-state index contributed by atoms with van der Waals surface area (Å²) in [4.78, 5) is 36.3. The smallest absolute Gasteiger partial charge is 0.316 e. The van der Waals surface area contributed by atoms with E-state index in [0.29, 0.717) is 23.6 Å². The standard InChI is InChI=1S/C28H30FN5O3/c1-28(2,3)37-23-15-9-10-18(31-23)16-17-30-27(36)33-25-26(35)34(4)22-14-8-6-12-20(22)24(32-25)19-11-5-7-13-21(19)29/h5-15,25H,16-17H2,1-4H3,(H2,30,33,36). The fraction of sp³-hybridized carbons (Fsp3) is 0.286. The average Bonchev–Trinajstić information content (AvgIpc) is 2.94. The number of aliphatic imine (C=N–C) groups is 1. The number of nitrogens with zero attached hydrogens (tertiary/aromatic N) is 3. The molecule has 9 heteroatoms. The lowest BCUT2D eigenvalue weighted by atomic mass is 10.00. The van der Waals surface area contributed by atoms with Gasteiger partial charge in [0.2, 0.25) is 12.0 Å². The molecular formula is C28H30FN5O3. The Kier molecular flexibility index (Phi) is 7.52. The van der Waals surface area contributed by atoms with Gasteiger partial charge in [-0.05, 0) is 45.0 Å². The highest BCUT2D eigenvalue weighted by Crippen LogP contribution is 2.28. The fourth-order valence-corrected chi connectivity index (χ4v) is 3.93. The second-order valence-electron chi connectivity index (χ2n) is 9.61. The average molecular weight is 504 g/mol. The zero-order valence-electron chi connectivity index (χ0n) is 21.3. The first-order valence-corrected chi connectivity index (χ1v) is 12.0. The van der Waals surface area contributed by atoms with Gasteiger partial charge in [-0.15, -0.1) is 0 Å². The molecule has 2 aromatic carbocycles. The molecule has 0 saturated carbocycles. The maximum Gasteiger partial charge on any atom is 0.316 e. The summed E-state index contributed by atoms with van der Waals surface area (Å²) >= 11 is 0. The second kappa shape index (κ2) is 10.8. The highest BCUT2D eigenvalue weighted by Gasteiger charge is 2.31. The van der Waals surface area contributed by atoms with Gasteiger partial charge in [-0.2, -0.15) is 0 Å². The quantitative estimate of drug-likeness (QED) is 0.530. The minimum atomic E-state index is -1.24. The third-order valence-corrected chi connectivity index (χ3v) is 5.60. The topological polar surface area (TPSA) is 95.9 Å². The van der Waals surface area contributed by atoms with Crippen LogP contribution in [0.3, 0.4) is 0 Å². The number of benzodiazepines with no additional fused rings is 1. The minimum absolute atomic E-state index is 0.244. The summed E-state index contributed by atoms with van der Waals surface area (Å²) in [5.74, 6) is -0.403. The van der Waals surface area contributed by atoms with Gasteiger partial charge in [0.15, 0.2) is 0 Å². The van der Waals surface area contributed by atoms with Crippen molar-refractivity contribution >= 4 is 23.3 Å². The number of hydrogen-bond acceptors (Lipinski definition) is 5. The van der Waals surface area contributed by atoms with Gasteiger partial charge in [0, 0.05) is 42.9 Å². The lowest BCUT2D eigenvalue weighted by Gasteiger charge is -2.21. The lowest BCUT2D eigenvalue weighted by Crippen LogP contribution is -2.49. The van der Waals surface area contributed by atoms with Crippen LogP contribution in [0.5, 0.6) is 5.88 Å². The largest absolute Gasteiger partial charge is 0.472 e. The number of carbonyl (C=O) groups excluding carboxylic acids is 2. The predicted molar refractivity (Wildman–Crippen MR) is 141 cm³/mol. The zero-order valence-corrected chi connectivity index (χ0v) is 21.3. The minimum Gasteiger partial charge on any atom is -0.472 e. The number of aromatic nitrogens is 1. The Morgan fingerprint density at radius 2 is 1.73 bits per heavy atom. The molecule has 192 valence electrons. The molecule has 0 saturated heterocycles. The first-order valence-electron chi connectivity index (χ1n) is 12.0. The van der Waals surface area contributed by atoms with Crippen LogP contribution < -0.4 is 20.3 Å². The van der Waals surface area contributed by atoms with E-state index in [2.05, 4.69) is 20.6 Å². The summed E-state index contributed by atoms with van der Waals surface area (Å²) in [6, 6.07) is 18.2. The molecule has 2 heterocycles. The molecule has 3 amide bonds. The Morgan fingerprint density at radius 1 is 1.03 bits per heavy atom. The highest BCUT2D eigenvalue weighted by atomic mass is 19.1. The van der Waals surface area contributed by atoms with Crippen LogP contribution in [0.2, 0.25) is 0 Å². The molecule has 8 nitrogen and oxygen atoms in total. The maximum atomic E-state index is 14.7. The highest BCUT2D eigenvalue weighted by molar-refractivity contribution is 6.20. The van der Waals surface area contributed by atoms with Crippen LogP contribution in [0, 0.1) is 5.82 Å². The van der Waals surface area contributed by atoms with E-state index in [1.54, 1.807) is 55.6 Å². The monoisotopic (exact) mass is 503 g/mol. The number of carbonyl (C=O) groups is 2. The van der Waals surface area contributed by atoms with Crippen molar-refractivity contribution in [2.45, 2.75) is 39.0 Å². The number of nitrogens with one attached hydrogen (secondary N) is 2. The van der Waals surface area contributed by atoms with Crippen LogP contribution in [-0.2, 0) is 11.2 Å². The van der Waals surface area contributed by atoms with Crippen molar-refractivity contribution in [3.05, 3.63) is 89.4 Å². The Morgan fingerprint density at radius 3 is 2.46 bits per heavy atom. The molecule has 0 fully saturated rings. The Hall–Kier alpha value is -4.27. The number of hydrogen-bond donors (Lipinski definition) is 2. The Bertz CT molecular complexity index is 1340. The molecule has 0 radical (unpaired) electrons. The zero-order chi connectivity index (χ0) is 26.6. The number of amides is 3. The van der Waals surface area contributed by atoms with Gasteiger partial charge in [-0.25, -0.2) is 19.2 Å². The number of benzene rings is 2. The molecule has 4 rings (SSSR count). The molecule has 1 unspecified atom stereocenters. The van der Waals surface area contributed by atoms with E-state index in [-0.39, 0.29) is 23.4 Å². The third kappa shape index (κ3) is 6.30. The summed E-state index contributed by atoms with van der Waals surface area (Å²) in [5.41, 5.74) is 2.08. The second-order valence-corrected chi connectivity index (χ2v) is 9.61. The number of ether oxygens (including phenoxy) is 1. The first-order chi connectivity index (χ1) is 17.6. The van der Waals surface area contributed by atoms with Crippen molar-refractivity contribution < 1.29 is 18.7 Å². The van der Waals surface area contributed by atoms with E-state index in [0.717, 1.165) is 5.69 Å². The molecule has 0 spiro atoms. The molecule has 1 atom stereocenters. The molecular weight excluding hydrogens is 473 g/mol.